The van der Waals surface area contributed by atoms with Crippen molar-refractivity contribution in [3.8, 4) is 11.5 Å². The predicted octanol–water partition coefficient (Wildman–Crippen LogP) is 4.00. The van der Waals surface area contributed by atoms with Crippen LogP contribution in [0.4, 0.5) is 18.9 Å². The maximum absolute atomic E-state index is 12.5. The lowest BCUT2D eigenvalue weighted by molar-refractivity contribution is -0.137. The molecule has 0 unspecified atom stereocenters. The third-order valence-electron chi connectivity index (χ3n) is 3.82. The van der Waals surface area contributed by atoms with Crippen LogP contribution in [0, 0.1) is 0 Å². The van der Waals surface area contributed by atoms with Crippen molar-refractivity contribution in [2.24, 2.45) is 0 Å². The summed E-state index contributed by atoms with van der Waals surface area (Å²) in [5, 5.41) is 6.73. The Bertz CT molecular complexity index is 926. The highest BCUT2D eigenvalue weighted by molar-refractivity contribution is 5.92. The molecule has 2 aromatic carbocycles. The van der Waals surface area contributed by atoms with Crippen molar-refractivity contribution in [1.29, 1.82) is 0 Å². The van der Waals surface area contributed by atoms with E-state index in [-0.39, 0.29) is 12.4 Å². The van der Waals surface area contributed by atoms with Crippen molar-refractivity contribution >= 4 is 11.6 Å². The Hall–Kier alpha value is -3.49. The maximum atomic E-state index is 12.5. The molecule has 3 aromatic rings. The summed E-state index contributed by atoms with van der Waals surface area (Å²) < 4.78 is 50.2. The van der Waals surface area contributed by atoms with Gasteiger partial charge in [0.25, 0.3) is 5.91 Å². The molecule has 3 rings (SSSR count). The summed E-state index contributed by atoms with van der Waals surface area (Å²) in [6, 6.07) is 12.8. The molecule has 0 aliphatic heterocycles. The first-order chi connectivity index (χ1) is 13.9. The number of hydrogen-bond donors (Lipinski definition) is 1. The summed E-state index contributed by atoms with van der Waals surface area (Å²) in [6.45, 7) is 0.663. The number of anilines is 1. The van der Waals surface area contributed by atoms with Crippen LogP contribution in [0.2, 0.25) is 0 Å². The topological polar surface area (TPSA) is 65.4 Å². The lowest BCUT2D eigenvalue weighted by Gasteiger charge is -2.11. The van der Waals surface area contributed by atoms with Crippen molar-refractivity contribution < 1.29 is 27.4 Å². The van der Waals surface area contributed by atoms with Crippen molar-refractivity contribution in [1.82, 2.24) is 9.78 Å². The van der Waals surface area contributed by atoms with Crippen LogP contribution in [0.5, 0.6) is 11.5 Å². The van der Waals surface area contributed by atoms with Gasteiger partial charge in [0.2, 0.25) is 0 Å². The highest BCUT2D eigenvalue weighted by atomic mass is 19.4. The summed E-state index contributed by atoms with van der Waals surface area (Å²) in [5.41, 5.74) is -0.263. The second-order valence-electron chi connectivity index (χ2n) is 6.00. The third kappa shape index (κ3) is 6.27. The summed E-state index contributed by atoms with van der Waals surface area (Å²) in [4.78, 5) is 12.0. The number of rotatable bonds is 8. The Morgan fingerprint density at radius 1 is 1.03 bits per heavy atom. The molecule has 0 saturated carbocycles. The van der Waals surface area contributed by atoms with E-state index < -0.39 is 17.6 Å². The number of nitrogens with one attached hydrogen (secondary N) is 1. The Morgan fingerprint density at radius 3 is 2.52 bits per heavy atom. The molecule has 0 aliphatic carbocycles. The average Bonchev–Trinajstić information content (AvgIpc) is 3.20. The van der Waals surface area contributed by atoms with Gasteiger partial charge in [-0.25, -0.2) is 0 Å². The Balaban J connectivity index is 1.46. The van der Waals surface area contributed by atoms with Crippen LogP contribution in [-0.4, -0.2) is 28.9 Å². The monoisotopic (exact) mass is 405 g/mol. The van der Waals surface area contributed by atoms with Crippen molar-refractivity contribution in [3.05, 3.63) is 72.6 Å². The number of ether oxygens (including phenoxy) is 2. The van der Waals surface area contributed by atoms with Crippen molar-refractivity contribution in [2.75, 3.05) is 18.5 Å². The minimum absolute atomic E-state index is 0.170. The van der Waals surface area contributed by atoms with Crippen LogP contribution >= 0.6 is 0 Å². The second kappa shape index (κ2) is 9.13. The van der Waals surface area contributed by atoms with Crippen LogP contribution in [0.3, 0.4) is 0 Å². The zero-order chi connectivity index (χ0) is 20.7. The van der Waals surface area contributed by atoms with Gasteiger partial charge in [-0.05, 0) is 42.5 Å². The molecule has 0 fully saturated rings. The largest absolute Gasteiger partial charge is 0.492 e. The van der Waals surface area contributed by atoms with Gasteiger partial charge < -0.3 is 14.8 Å². The number of carbonyl (C=O) groups excluding carboxylic acids is 1. The molecule has 0 atom stereocenters. The third-order valence-corrected chi connectivity index (χ3v) is 3.82. The highest BCUT2D eigenvalue weighted by Gasteiger charge is 2.30. The Labute approximate surface area is 164 Å². The van der Waals surface area contributed by atoms with E-state index in [1.165, 1.54) is 12.1 Å². The number of carbonyl (C=O) groups is 1. The summed E-state index contributed by atoms with van der Waals surface area (Å²) in [6.07, 6.45) is -0.902. The van der Waals surface area contributed by atoms with Crippen LogP contribution in [-0.2, 0) is 17.5 Å². The van der Waals surface area contributed by atoms with Gasteiger partial charge in [-0.2, -0.15) is 18.3 Å². The van der Waals surface area contributed by atoms with E-state index in [4.69, 9.17) is 9.47 Å². The van der Waals surface area contributed by atoms with Gasteiger partial charge in [0, 0.05) is 24.1 Å². The first-order valence-corrected chi connectivity index (χ1v) is 8.70. The number of amides is 1. The molecular formula is C20H18F3N3O3. The number of halogens is 3. The number of aromatic nitrogens is 2. The standard InChI is InChI=1S/C20H18F3N3O3/c21-20(22,23)15-5-7-17(8-6-15)29-14-19(27)25-16-3-1-4-18(13-16)28-12-11-26-10-2-9-24-26/h1-10,13H,11-12,14H2,(H,25,27). The number of benzene rings is 2. The molecule has 1 N–H and O–H groups in total. The molecule has 29 heavy (non-hydrogen) atoms. The fourth-order valence-electron chi connectivity index (χ4n) is 2.44. The van der Waals surface area contributed by atoms with Gasteiger partial charge in [-0.15, -0.1) is 0 Å². The van der Waals surface area contributed by atoms with Crippen LogP contribution < -0.4 is 14.8 Å². The average molecular weight is 405 g/mol. The molecule has 0 radical (unpaired) electrons. The van der Waals surface area contributed by atoms with Gasteiger partial charge in [-0.3, -0.25) is 9.48 Å². The normalized spacial score (nSPS) is 11.1. The number of alkyl halides is 3. The smallest absolute Gasteiger partial charge is 0.416 e. The molecular weight excluding hydrogens is 387 g/mol. The van der Waals surface area contributed by atoms with Gasteiger partial charge in [0.1, 0.15) is 18.1 Å². The van der Waals surface area contributed by atoms with E-state index >= 15 is 0 Å². The van der Waals surface area contributed by atoms with E-state index in [1.807, 2.05) is 12.3 Å². The van der Waals surface area contributed by atoms with E-state index in [2.05, 4.69) is 10.4 Å². The first-order valence-electron chi connectivity index (χ1n) is 8.70. The molecule has 1 heterocycles. The molecule has 6 nitrogen and oxygen atoms in total. The fourth-order valence-corrected chi connectivity index (χ4v) is 2.44. The Kier molecular flexibility index (Phi) is 6.38. The molecule has 1 aromatic heterocycles. The summed E-state index contributed by atoms with van der Waals surface area (Å²) >= 11 is 0. The molecule has 152 valence electrons. The van der Waals surface area contributed by atoms with Crippen LogP contribution in [0.15, 0.2) is 67.0 Å². The fraction of sp³-hybridized carbons (Fsp3) is 0.200. The van der Waals surface area contributed by atoms with Crippen molar-refractivity contribution in [3.63, 3.8) is 0 Å². The quantitative estimate of drug-likeness (QED) is 0.615. The van der Waals surface area contributed by atoms with E-state index in [1.54, 1.807) is 35.1 Å². The zero-order valence-electron chi connectivity index (χ0n) is 15.2. The highest BCUT2D eigenvalue weighted by Crippen LogP contribution is 2.30. The minimum atomic E-state index is -4.42. The summed E-state index contributed by atoms with van der Waals surface area (Å²) in [5.74, 6) is 0.307. The van der Waals surface area contributed by atoms with Gasteiger partial charge in [0.15, 0.2) is 6.61 Å². The molecule has 0 saturated heterocycles. The van der Waals surface area contributed by atoms with Gasteiger partial charge in [-0.1, -0.05) is 6.07 Å². The lowest BCUT2D eigenvalue weighted by Crippen LogP contribution is -2.20. The molecule has 0 aliphatic rings. The maximum Gasteiger partial charge on any atom is 0.416 e. The number of nitrogens with zero attached hydrogens (tertiary/aromatic N) is 2. The Morgan fingerprint density at radius 2 is 1.83 bits per heavy atom. The number of hydrogen-bond acceptors (Lipinski definition) is 4. The minimum Gasteiger partial charge on any atom is -0.492 e. The van der Waals surface area contributed by atoms with E-state index in [9.17, 15) is 18.0 Å². The SMILES string of the molecule is O=C(COc1ccc(C(F)(F)F)cc1)Nc1cccc(OCCn2cccn2)c1. The van der Waals surface area contributed by atoms with E-state index in [0.717, 1.165) is 12.1 Å². The summed E-state index contributed by atoms with van der Waals surface area (Å²) in [7, 11) is 0. The van der Waals surface area contributed by atoms with Gasteiger partial charge >= 0.3 is 6.18 Å². The van der Waals surface area contributed by atoms with Gasteiger partial charge in [0.05, 0.1) is 12.1 Å². The zero-order valence-corrected chi connectivity index (χ0v) is 15.2. The molecule has 0 bridgehead atoms. The molecule has 0 spiro atoms. The second-order valence-corrected chi connectivity index (χ2v) is 6.00. The van der Waals surface area contributed by atoms with Crippen LogP contribution in [0.1, 0.15) is 5.56 Å². The molecule has 1 amide bonds. The predicted molar refractivity (Wildman–Crippen MR) is 99.7 cm³/mol. The first kappa shape index (κ1) is 20.2. The van der Waals surface area contributed by atoms with Crippen molar-refractivity contribution in [2.45, 2.75) is 12.7 Å². The molecule has 9 heteroatoms. The van der Waals surface area contributed by atoms with Crippen LogP contribution in [0.25, 0.3) is 0 Å². The van der Waals surface area contributed by atoms with E-state index in [0.29, 0.717) is 24.6 Å². The lowest BCUT2D eigenvalue weighted by atomic mass is 10.2.